The van der Waals surface area contributed by atoms with E-state index in [1.165, 1.54) is 17.0 Å². The van der Waals surface area contributed by atoms with E-state index in [9.17, 15) is 9.59 Å². The second-order valence-corrected chi connectivity index (χ2v) is 4.82. The normalized spacial score (nSPS) is 12.1. The Kier molecular flexibility index (Phi) is 4.57. The molecule has 20 heavy (non-hydrogen) atoms. The number of furan rings is 1. The van der Waals surface area contributed by atoms with Crippen LogP contribution in [0.3, 0.4) is 0 Å². The summed E-state index contributed by atoms with van der Waals surface area (Å²) in [6.07, 6.45) is 1.54. The fraction of sp³-hybridized carbons (Fsp3) is 0.308. The maximum absolute atomic E-state index is 11.7. The fourth-order valence-electron chi connectivity index (χ4n) is 1.59. The molecule has 0 aliphatic rings. The number of hydrogen-bond donors (Lipinski definition) is 1. The van der Waals surface area contributed by atoms with E-state index in [1.807, 2.05) is 0 Å². The molecular weight excluding hydrogens is 282 g/mol. The van der Waals surface area contributed by atoms with Gasteiger partial charge >= 0.3 is 0 Å². The first-order valence-electron chi connectivity index (χ1n) is 6.12. The molecule has 0 aliphatic carbocycles. The molecule has 0 saturated heterocycles. The zero-order chi connectivity index (χ0) is 14.5. The van der Waals surface area contributed by atoms with E-state index in [4.69, 9.17) is 16.0 Å². The average molecular weight is 296 g/mol. The minimum absolute atomic E-state index is 0.242. The first-order chi connectivity index (χ1) is 9.58. The summed E-state index contributed by atoms with van der Waals surface area (Å²) < 4.78 is 6.50. The highest BCUT2D eigenvalue weighted by atomic mass is 35.5. The van der Waals surface area contributed by atoms with E-state index in [2.05, 4.69) is 10.4 Å². The highest BCUT2D eigenvalue weighted by Gasteiger charge is 2.09. The van der Waals surface area contributed by atoms with Crippen molar-refractivity contribution in [2.24, 2.45) is 0 Å². The van der Waals surface area contributed by atoms with E-state index in [1.54, 1.807) is 25.1 Å². The Balaban J connectivity index is 2.06. The van der Waals surface area contributed by atoms with Gasteiger partial charge in [-0.1, -0.05) is 0 Å². The summed E-state index contributed by atoms with van der Waals surface area (Å²) in [5, 5.41) is 6.20. The van der Waals surface area contributed by atoms with Gasteiger partial charge in [-0.05, 0) is 25.1 Å². The van der Waals surface area contributed by atoms with Crippen molar-refractivity contribution >= 4 is 17.5 Å². The van der Waals surface area contributed by atoms with Crippen LogP contribution in [0.25, 0.3) is 11.5 Å². The van der Waals surface area contributed by atoms with Crippen molar-refractivity contribution in [3.05, 3.63) is 40.9 Å². The van der Waals surface area contributed by atoms with Crippen LogP contribution in [0.2, 0.25) is 0 Å². The van der Waals surface area contributed by atoms with Crippen molar-refractivity contribution < 1.29 is 9.21 Å². The Labute approximate surface area is 120 Å². The molecule has 106 valence electrons. The number of rotatable bonds is 5. The zero-order valence-corrected chi connectivity index (χ0v) is 11.6. The van der Waals surface area contributed by atoms with Gasteiger partial charge < -0.3 is 9.73 Å². The number of alkyl halides is 1. The zero-order valence-electron chi connectivity index (χ0n) is 10.9. The smallest absolute Gasteiger partial charge is 0.266 e. The van der Waals surface area contributed by atoms with Gasteiger partial charge in [0.1, 0.15) is 11.1 Å². The van der Waals surface area contributed by atoms with Crippen LogP contribution < -0.4 is 10.9 Å². The molecule has 0 radical (unpaired) electrons. The second kappa shape index (κ2) is 6.38. The third kappa shape index (κ3) is 3.48. The van der Waals surface area contributed by atoms with Crippen molar-refractivity contribution in [2.75, 3.05) is 6.54 Å². The van der Waals surface area contributed by atoms with Crippen LogP contribution in [0, 0.1) is 0 Å². The van der Waals surface area contributed by atoms with Crippen LogP contribution in [0.5, 0.6) is 0 Å². The lowest BCUT2D eigenvalue weighted by Gasteiger charge is -2.08. The predicted molar refractivity (Wildman–Crippen MR) is 74.5 cm³/mol. The van der Waals surface area contributed by atoms with Crippen molar-refractivity contribution in [3.63, 3.8) is 0 Å². The lowest BCUT2D eigenvalue weighted by atomic mass is 10.3. The number of nitrogens with zero attached hydrogens (tertiary/aromatic N) is 2. The largest absolute Gasteiger partial charge is 0.463 e. The first kappa shape index (κ1) is 14.3. The SMILES string of the molecule is CC(Cl)C(=O)NCCn1nc(-c2ccco2)ccc1=O. The molecule has 0 aromatic carbocycles. The molecule has 0 fully saturated rings. The molecule has 1 unspecified atom stereocenters. The van der Waals surface area contributed by atoms with Gasteiger partial charge in [-0.15, -0.1) is 11.6 Å². The van der Waals surface area contributed by atoms with E-state index in [0.717, 1.165) is 0 Å². The summed E-state index contributed by atoms with van der Waals surface area (Å²) in [7, 11) is 0. The number of aromatic nitrogens is 2. The third-order valence-electron chi connectivity index (χ3n) is 2.62. The number of hydrogen-bond acceptors (Lipinski definition) is 4. The minimum Gasteiger partial charge on any atom is -0.463 e. The molecule has 2 heterocycles. The fourth-order valence-corrected chi connectivity index (χ4v) is 1.67. The van der Waals surface area contributed by atoms with Gasteiger partial charge in [0.15, 0.2) is 5.76 Å². The number of nitrogens with one attached hydrogen (secondary N) is 1. The van der Waals surface area contributed by atoms with Crippen LogP contribution in [0.15, 0.2) is 39.7 Å². The van der Waals surface area contributed by atoms with Crippen molar-refractivity contribution in [2.45, 2.75) is 18.8 Å². The molecule has 1 amide bonds. The maximum atomic E-state index is 11.7. The number of amides is 1. The van der Waals surface area contributed by atoms with Gasteiger partial charge in [-0.25, -0.2) is 4.68 Å². The molecular formula is C13H14ClN3O3. The van der Waals surface area contributed by atoms with E-state index in [0.29, 0.717) is 11.5 Å². The molecule has 2 rings (SSSR count). The highest BCUT2D eigenvalue weighted by molar-refractivity contribution is 6.30. The van der Waals surface area contributed by atoms with Crippen LogP contribution in [0.4, 0.5) is 0 Å². The van der Waals surface area contributed by atoms with Crippen LogP contribution in [0.1, 0.15) is 6.92 Å². The Morgan fingerprint density at radius 3 is 2.95 bits per heavy atom. The van der Waals surface area contributed by atoms with E-state index in [-0.39, 0.29) is 24.6 Å². The number of carbonyl (C=O) groups excluding carboxylic acids is 1. The third-order valence-corrected chi connectivity index (χ3v) is 2.82. The van der Waals surface area contributed by atoms with Gasteiger partial charge in [0.2, 0.25) is 5.91 Å². The Morgan fingerprint density at radius 2 is 2.30 bits per heavy atom. The lowest BCUT2D eigenvalue weighted by molar-refractivity contribution is -0.120. The Hall–Kier alpha value is -2.08. The van der Waals surface area contributed by atoms with Gasteiger partial charge in [-0.2, -0.15) is 5.10 Å². The summed E-state index contributed by atoms with van der Waals surface area (Å²) in [6, 6.07) is 6.51. The summed E-state index contributed by atoms with van der Waals surface area (Å²) in [6.45, 7) is 2.13. The molecule has 7 heteroatoms. The Morgan fingerprint density at radius 1 is 1.50 bits per heavy atom. The summed E-state index contributed by atoms with van der Waals surface area (Å²) in [4.78, 5) is 23.0. The number of carbonyl (C=O) groups is 1. The molecule has 0 bridgehead atoms. The molecule has 1 atom stereocenters. The first-order valence-corrected chi connectivity index (χ1v) is 6.55. The maximum Gasteiger partial charge on any atom is 0.266 e. The molecule has 2 aromatic rings. The Bertz CT molecular complexity index is 635. The van der Waals surface area contributed by atoms with E-state index < -0.39 is 5.38 Å². The second-order valence-electron chi connectivity index (χ2n) is 4.16. The van der Waals surface area contributed by atoms with Gasteiger partial charge in [0.25, 0.3) is 5.56 Å². The van der Waals surface area contributed by atoms with Crippen molar-refractivity contribution in [1.82, 2.24) is 15.1 Å². The molecule has 0 saturated carbocycles. The van der Waals surface area contributed by atoms with Crippen LogP contribution in [-0.2, 0) is 11.3 Å². The molecule has 0 spiro atoms. The predicted octanol–water partition coefficient (Wildman–Crippen LogP) is 1.25. The summed E-state index contributed by atoms with van der Waals surface area (Å²) >= 11 is 5.63. The molecule has 6 nitrogen and oxygen atoms in total. The highest BCUT2D eigenvalue weighted by Crippen LogP contribution is 2.14. The molecule has 0 aliphatic heterocycles. The van der Waals surface area contributed by atoms with Crippen LogP contribution in [-0.4, -0.2) is 27.6 Å². The quantitative estimate of drug-likeness (QED) is 0.842. The number of halogens is 1. The van der Waals surface area contributed by atoms with Gasteiger partial charge in [-0.3, -0.25) is 9.59 Å². The van der Waals surface area contributed by atoms with Crippen LogP contribution >= 0.6 is 11.6 Å². The van der Waals surface area contributed by atoms with Crippen molar-refractivity contribution in [3.8, 4) is 11.5 Å². The van der Waals surface area contributed by atoms with Gasteiger partial charge in [0, 0.05) is 12.6 Å². The van der Waals surface area contributed by atoms with E-state index >= 15 is 0 Å². The standard InChI is InChI=1S/C13H14ClN3O3/c1-9(14)13(19)15-6-7-17-12(18)5-4-10(16-17)11-3-2-8-20-11/h2-5,8-9H,6-7H2,1H3,(H,15,19). The molecule has 2 aromatic heterocycles. The van der Waals surface area contributed by atoms with Gasteiger partial charge in [0.05, 0.1) is 12.8 Å². The summed E-state index contributed by atoms with van der Waals surface area (Å²) in [5.74, 6) is 0.305. The average Bonchev–Trinajstić information content (AvgIpc) is 2.94. The van der Waals surface area contributed by atoms with Crippen molar-refractivity contribution in [1.29, 1.82) is 0 Å². The minimum atomic E-state index is -0.603. The monoisotopic (exact) mass is 295 g/mol. The molecule has 1 N–H and O–H groups in total. The topological polar surface area (TPSA) is 77.1 Å². The lowest BCUT2D eigenvalue weighted by Crippen LogP contribution is -2.35. The summed E-state index contributed by atoms with van der Waals surface area (Å²) in [5.41, 5.74) is 0.320.